The monoisotopic (exact) mass is 925 g/mol. The fourth-order valence-electron chi connectivity index (χ4n) is 5.61. The van der Waals surface area contributed by atoms with Gasteiger partial charge in [0.05, 0.1) is 50.6 Å². The molecule has 4 N–H and O–H groups in total. The SMILES string of the molecule is COCCOCCOCCC(=O)CCCCCC(NC(=O)CSCC(=O)OC1CCC(C(=O)O)(C(=O)O)CC1)C(C)=O.[CH2-][C@H]1CCCC[C@@H]1[NH-].[Pt+2]. The molecule has 0 aromatic carbocycles. The van der Waals surface area contributed by atoms with E-state index in [1.807, 2.05) is 0 Å². The third kappa shape index (κ3) is 21.4. The largest absolute Gasteiger partial charge is 2.00 e. The van der Waals surface area contributed by atoms with Gasteiger partial charge in [-0.3, -0.25) is 28.8 Å². The van der Waals surface area contributed by atoms with Gasteiger partial charge in [0.25, 0.3) is 0 Å². The first-order valence-electron chi connectivity index (χ1n) is 17.6. The number of esters is 1. The van der Waals surface area contributed by atoms with Crippen LogP contribution in [0.15, 0.2) is 0 Å². The second-order valence-corrected chi connectivity index (χ2v) is 13.8. The van der Waals surface area contributed by atoms with Gasteiger partial charge in [-0.05, 0) is 45.4 Å². The van der Waals surface area contributed by atoms with Crippen molar-refractivity contribution in [3.63, 3.8) is 0 Å². The fraction of sp³-hybridized carbons (Fsp3) is 0.800. The molecular weight excluding hydrogens is 868 g/mol. The van der Waals surface area contributed by atoms with Crippen LogP contribution in [-0.2, 0) is 68.8 Å². The molecule has 2 aliphatic rings. The third-order valence-corrected chi connectivity index (χ3v) is 9.77. The summed E-state index contributed by atoms with van der Waals surface area (Å²) in [7, 11) is 1.60. The van der Waals surface area contributed by atoms with Crippen molar-refractivity contribution in [2.75, 3.05) is 51.6 Å². The Morgan fingerprint density at radius 1 is 0.863 bits per heavy atom. The molecule has 0 aliphatic heterocycles. The predicted octanol–water partition coefficient (Wildman–Crippen LogP) is 4.45. The van der Waals surface area contributed by atoms with E-state index in [2.05, 4.69) is 12.2 Å². The summed E-state index contributed by atoms with van der Waals surface area (Å²) in [4.78, 5) is 71.2. The molecule has 296 valence electrons. The van der Waals surface area contributed by atoms with Crippen molar-refractivity contribution in [2.45, 2.75) is 115 Å². The molecule has 0 aromatic rings. The number of ether oxygens (including phenoxy) is 4. The van der Waals surface area contributed by atoms with Gasteiger partial charge in [-0.2, -0.15) is 12.0 Å². The maximum atomic E-state index is 12.3. The number of carboxylic acid groups (broad SMARTS) is 2. The van der Waals surface area contributed by atoms with Gasteiger partial charge in [0.15, 0.2) is 11.2 Å². The molecule has 2 rings (SSSR count). The molecule has 0 radical (unpaired) electrons. The molecule has 1 unspecified atom stereocenters. The minimum atomic E-state index is -1.85. The van der Waals surface area contributed by atoms with Crippen LogP contribution in [0.1, 0.15) is 96.8 Å². The molecule has 51 heavy (non-hydrogen) atoms. The van der Waals surface area contributed by atoms with Crippen molar-refractivity contribution < 1.29 is 79.0 Å². The molecule has 2 fully saturated rings. The zero-order chi connectivity index (χ0) is 37.4. The molecule has 3 atom stereocenters. The fourth-order valence-corrected chi connectivity index (χ4v) is 6.22. The summed E-state index contributed by atoms with van der Waals surface area (Å²) >= 11 is 1.02. The molecule has 0 aromatic heterocycles. The number of Topliss-reactive ketones (excluding diaryl/α,β-unsaturated/α-hetero) is 2. The number of amides is 1. The Morgan fingerprint density at radius 3 is 2.02 bits per heavy atom. The summed E-state index contributed by atoms with van der Waals surface area (Å²) in [5.74, 6) is -3.57. The zero-order valence-corrected chi connectivity index (χ0v) is 33.2. The number of nitrogens with one attached hydrogen (secondary N) is 2. The Balaban J connectivity index is 0.00000243. The van der Waals surface area contributed by atoms with Crippen LogP contribution < -0.4 is 5.32 Å². The van der Waals surface area contributed by atoms with Gasteiger partial charge >= 0.3 is 39.0 Å². The molecule has 1 amide bonds. The number of ketones is 2. The Bertz CT molecular complexity index is 1030. The van der Waals surface area contributed by atoms with Gasteiger partial charge in [0.2, 0.25) is 5.91 Å². The number of thioether (sulfide) groups is 1. The minimum absolute atomic E-state index is 0. The molecule has 2 aliphatic carbocycles. The van der Waals surface area contributed by atoms with E-state index in [1.165, 1.54) is 26.2 Å². The van der Waals surface area contributed by atoms with Crippen molar-refractivity contribution >= 4 is 47.1 Å². The average Bonchev–Trinajstić information content (AvgIpc) is 3.07. The maximum absolute atomic E-state index is 12.3. The Kier molecular flexibility index (Phi) is 27.5. The maximum Gasteiger partial charge on any atom is 2.00 e. The number of rotatable bonds is 24. The van der Waals surface area contributed by atoms with Gasteiger partial charge in [-0.1, -0.05) is 38.5 Å². The van der Waals surface area contributed by atoms with Crippen LogP contribution in [0.4, 0.5) is 0 Å². The number of hydrogen-bond donors (Lipinski definition) is 3. The predicted molar refractivity (Wildman–Crippen MR) is 188 cm³/mol. The van der Waals surface area contributed by atoms with Crippen LogP contribution in [0.3, 0.4) is 0 Å². The molecule has 0 spiro atoms. The molecule has 0 bridgehead atoms. The second-order valence-electron chi connectivity index (χ2n) is 12.9. The number of methoxy groups -OCH3 is 1. The quantitative estimate of drug-likeness (QED) is 0.0529. The number of carboxylic acids is 2. The summed E-state index contributed by atoms with van der Waals surface area (Å²) in [6.45, 7) is 7.54. The van der Waals surface area contributed by atoms with Crippen LogP contribution >= 0.6 is 11.8 Å². The Hall–Kier alpha value is -1.90. The van der Waals surface area contributed by atoms with Crippen LogP contribution in [0, 0.1) is 18.3 Å². The van der Waals surface area contributed by atoms with Crippen LogP contribution in [0.25, 0.3) is 5.73 Å². The molecule has 16 heteroatoms. The van der Waals surface area contributed by atoms with Crippen LogP contribution in [0.5, 0.6) is 0 Å². The topological polar surface area (TPSA) is 216 Å². The standard InChI is InChI=1S/C28H45NO12S.C7H13N.Pt/c1-20(30)23(7-5-3-4-6-21(31)10-13-39-16-17-40-15-14-38-2)29-24(32)18-42-19-25(33)41-22-8-11-28(12-9-22,26(34)35)27(36)37;1-6-4-2-3-5-7(6)8;/h22-23H,3-19H2,1-2H3,(H,29,32)(H,34,35)(H,36,37);6-8H,1-5H2;/q;-2;+2/t;6-,7-;/m.0./s1. The van der Waals surface area contributed by atoms with Crippen LogP contribution in [0.2, 0.25) is 0 Å². The van der Waals surface area contributed by atoms with E-state index in [4.69, 9.17) is 24.7 Å². The van der Waals surface area contributed by atoms with Crippen molar-refractivity contribution in [3.05, 3.63) is 12.7 Å². The summed E-state index contributed by atoms with van der Waals surface area (Å²) in [5, 5.41) is 21.2. The molecule has 0 saturated heterocycles. The molecule has 0 heterocycles. The average molecular weight is 926 g/mol. The van der Waals surface area contributed by atoms with E-state index in [1.54, 1.807) is 7.11 Å². The van der Waals surface area contributed by atoms with Gasteiger partial charge in [-0.15, -0.1) is 11.8 Å². The zero-order valence-electron chi connectivity index (χ0n) is 30.1. The number of carbonyl (C=O) groups is 6. The first-order valence-corrected chi connectivity index (χ1v) is 18.7. The smallest absolute Gasteiger partial charge is 0.677 e. The minimum Gasteiger partial charge on any atom is -0.677 e. The first-order chi connectivity index (χ1) is 23.8. The van der Waals surface area contributed by atoms with E-state index in [9.17, 15) is 39.0 Å². The third-order valence-electron chi connectivity index (χ3n) is 8.87. The molecule has 2 saturated carbocycles. The molecule has 14 nitrogen and oxygen atoms in total. The van der Waals surface area contributed by atoms with E-state index in [0.717, 1.165) is 24.6 Å². The first kappa shape index (κ1) is 49.1. The van der Waals surface area contributed by atoms with Crippen LogP contribution in [-0.4, -0.2) is 115 Å². The van der Waals surface area contributed by atoms with E-state index in [-0.39, 0.29) is 75.9 Å². The van der Waals surface area contributed by atoms with E-state index in [0.29, 0.717) is 71.1 Å². The van der Waals surface area contributed by atoms with Crippen molar-refractivity contribution in [1.82, 2.24) is 5.32 Å². The van der Waals surface area contributed by atoms with Crippen molar-refractivity contribution in [3.8, 4) is 0 Å². The number of hydrogen-bond acceptors (Lipinski definition) is 11. The van der Waals surface area contributed by atoms with Gasteiger partial charge < -0.3 is 47.1 Å². The van der Waals surface area contributed by atoms with Crippen molar-refractivity contribution in [2.24, 2.45) is 11.3 Å². The van der Waals surface area contributed by atoms with Crippen molar-refractivity contribution in [1.29, 1.82) is 0 Å². The van der Waals surface area contributed by atoms with Gasteiger partial charge in [-0.25, -0.2) is 0 Å². The summed E-state index contributed by atoms with van der Waals surface area (Å²) in [5.41, 5.74) is 5.56. The van der Waals surface area contributed by atoms with Gasteiger partial charge in [0, 0.05) is 20.0 Å². The Labute approximate surface area is 321 Å². The van der Waals surface area contributed by atoms with Gasteiger partial charge in [0.1, 0.15) is 11.9 Å². The second kappa shape index (κ2) is 28.6. The normalized spacial score (nSPS) is 19.0. The number of aliphatic carboxylic acids is 2. The summed E-state index contributed by atoms with van der Waals surface area (Å²) < 4.78 is 20.8. The Morgan fingerprint density at radius 2 is 1.47 bits per heavy atom. The van der Waals surface area contributed by atoms with E-state index < -0.39 is 41.4 Å². The summed E-state index contributed by atoms with van der Waals surface area (Å²) in [6, 6.07) is -0.505. The number of unbranched alkanes of at least 4 members (excludes halogenated alkanes) is 2. The number of carbonyl (C=O) groups excluding carboxylic acids is 4. The summed E-state index contributed by atoms with van der Waals surface area (Å²) in [6.07, 6.45) is 7.53. The molecular formula is C35H58N2O12PtS. The van der Waals surface area contributed by atoms with E-state index >= 15 is 0 Å².